The quantitative estimate of drug-likeness (QED) is 0.881. The number of hydrogen-bond donors (Lipinski definition) is 2. The van der Waals surface area contributed by atoms with E-state index in [9.17, 15) is 4.79 Å². The first-order chi connectivity index (χ1) is 10.2. The number of aromatic nitrogens is 1. The Hall–Kier alpha value is -1.31. The fourth-order valence-electron chi connectivity index (χ4n) is 2.93. The van der Waals surface area contributed by atoms with E-state index < -0.39 is 0 Å². The van der Waals surface area contributed by atoms with Gasteiger partial charge in [-0.25, -0.2) is 0 Å². The molecule has 2 aromatic rings. The van der Waals surface area contributed by atoms with Crippen molar-refractivity contribution in [2.24, 2.45) is 0 Å². The van der Waals surface area contributed by atoms with Crippen LogP contribution in [0.4, 0.5) is 0 Å². The summed E-state index contributed by atoms with van der Waals surface area (Å²) < 4.78 is 11.4. The highest BCUT2D eigenvalue weighted by Gasteiger charge is 2.33. The highest BCUT2D eigenvalue weighted by molar-refractivity contribution is 9.10. The van der Waals surface area contributed by atoms with Crippen LogP contribution in [0.1, 0.15) is 16.9 Å². The summed E-state index contributed by atoms with van der Waals surface area (Å²) in [6.07, 6.45) is 1.06. The van der Waals surface area contributed by atoms with Gasteiger partial charge in [0.05, 0.1) is 12.1 Å². The Balaban J connectivity index is 1.36. The van der Waals surface area contributed by atoms with Gasteiger partial charge in [0.1, 0.15) is 5.69 Å². The van der Waals surface area contributed by atoms with Gasteiger partial charge in [-0.1, -0.05) is 0 Å². The van der Waals surface area contributed by atoms with Crippen LogP contribution < -0.4 is 5.32 Å². The Bertz CT molecular complexity index is 637. The molecule has 2 fully saturated rings. The van der Waals surface area contributed by atoms with Gasteiger partial charge in [-0.05, 0) is 22.4 Å². The molecule has 1 unspecified atom stereocenters. The third-order valence-corrected chi connectivity index (χ3v) is 4.47. The molecule has 2 aliphatic heterocycles. The number of carbonyl (C=O) groups is 1. The van der Waals surface area contributed by atoms with Crippen LogP contribution >= 0.6 is 15.9 Å². The number of ether oxygens (including phenoxy) is 1. The molecule has 0 saturated carbocycles. The van der Waals surface area contributed by atoms with Gasteiger partial charge in [0.2, 0.25) is 0 Å². The average Bonchev–Trinajstić information content (AvgIpc) is 3.07. The van der Waals surface area contributed by atoms with Gasteiger partial charge in [0.25, 0.3) is 5.91 Å². The molecule has 112 valence electrons. The zero-order valence-electron chi connectivity index (χ0n) is 11.4. The molecule has 4 rings (SSSR count). The Morgan fingerprint density at radius 1 is 1.38 bits per heavy atom. The Kier molecular flexibility index (Phi) is 3.28. The number of H-pyrrole nitrogens is 1. The number of carbonyl (C=O) groups excluding carboxylic acids is 1. The van der Waals surface area contributed by atoms with Gasteiger partial charge in [-0.3, -0.25) is 4.79 Å². The van der Waals surface area contributed by atoms with Gasteiger partial charge in [-0.15, -0.1) is 0 Å². The van der Waals surface area contributed by atoms with E-state index in [2.05, 4.69) is 26.2 Å². The molecule has 2 aromatic heterocycles. The summed E-state index contributed by atoms with van der Waals surface area (Å²) in [7, 11) is 0. The smallest absolute Gasteiger partial charge is 0.270 e. The maximum atomic E-state index is 12.4. The molecule has 4 heterocycles. The zero-order valence-corrected chi connectivity index (χ0v) is 13.0. The molecule has 2 saturated heterocycles. The van der Waals surface area contributed by atoms with Crippen LogP contribution in [0.2, 0.25) is 0 Å². The molecule has 0 aromatic carbocycles. The van der Waals surface area contributed by atoms with E-state index in [-0.39, 0.29) is 5.91 Å². The van der Waals surface area contributed by atoms with Gasteiger partial charge >= 0.3 is 0 Å². The molecule has 2 N–H and O–H groups in total. The fraction of sp³-hybridized carbons (Fsp3) is 0.500. The van der Waals surface area contributed by atoms with E-state index in [1.807, 2.05) is 11.0 Å². The first-order valence-corrected chi connectivity index (χ1v) is 7.89. The van der Waals surface area contributed by atoms with E-state index in [1.165, 1.54) is 0 Å². The summed E-state index contributed by atoms with van der Waals surface area (Å²) in [5.74, 6) is 0.0262. The predicted molar refractivity (Wildman–Crippen MR) is 80.3 cm³/mol. The second-order valence-corrected chi connectivity index (χ2v) is 6.43. The number of rotatable bonds is 3. The number of halogens is 1. The maximum absolute atomic E-state index is 12.4. The number of fused-ring (bicyclic) bond motifs is 1. The standard InChI is InChI=1S/C14H16BrN3O3/c15-13-4-10-12(21-13)3-11(17-10)14(19)18-5-9(6-18)16-8-1-2-20-7-8/h3-4,8-9,16-17H,1-2,5-7H2. The van der Waals surface area contributed by atoms with Crippen molar-refractivity contribution < 1.29 is 13.9 Å². The molecule has 2 aliphatic rings. The van der Waals surface area contributed by atoms with Gasteiger partial charge < -0.3 is 24.4 Å². The number of amides is 1. The summed E-state index contributed by atoms with van der Waals surface area (Å²) in [5.41, 5.74) is 2.12. The van der Waals surface area contributed by atoms with E-state index in [0.29, 0.717) is 28.0 Å². The molecule has 1 amide bonds. The molecular weight excluding hydrogens is 338 g/mol. The van der Waals surface area contributed by atoms with Crippen LogP contribution in [0, 0.1) is 0 Å². The van der Waals surface area contributed by atoms with Crippen molar-refractivity contribution in [2.45, 2.75) is 18.5 Å². The van der Waals surface area contributed by atoms with Gasteiger partial charge in [0, 0.05) is 43.9 Å². The van der Waals surface area contributed by atoms with Crippen molar-refractivity contribution in [3.05, 3.63) is 22.5 Å². The lowest BCUT2D eigenvalue weighted by Gasteiger charge is -2.40. The number of aromatic amines is 1. The van der Waals surface area contributed by atoms with Crippen LogP contribution in [0.3, 0.4) is 0 Å². The summed E-state index contributed by atoms with van der Waals surface area (Å²) in [6.45, 7) is 3.12. The average molecular weight is 354 g/mol. The molecule has 0 bridgehead atoms. The first kappa shape index (κ1) is 13.4. The number of likely N-dealkylation sites (tertiary alicyclic amines) is 1. The lowest BCUT2D eigenvalue weighted by molar-refractivity contribution is 0.0543. The Morgan fingerprint density at radius 3 is 2.95 bits per heavy atom. The number of hydrogen-bond acceptors (Lipinski definition) is 4. The second kappa shape index (κ2) is 5.15. The van der Waals surface area contributed by atoms with Crippen molar-refractivity contribution in [2.75, 3.05) is 26.3 Å². The minimum absolute atomic E-state index is 0.0262. The lowest BCUT2D eigenvalue weighted by Crippen LogP contribution is -2.61. The minimum atomic E-state index is 0.0262. The van der Waals surface area contributed by atoms with Crippen LogP contribution in [-0.2, 0) is 4.74 Å². The first-order valence-electron chi connectivity index (χ1n) is 7.10. The molecule has 6 nitrogen and oxygen atoms in total. The monoisotopic (exact) mass is 353 g/mol. The van der Waals surface area contributed by atoms with Crippen molar-refractivity contribution in [3.63, 3.8) is 0 Å². The highest BCUT2D eigenvalue weighted by atomic mass is 79.9. The van der Waals surface area contributed by atoms with Gasteiger partial charge in [-0.2, -0.15) is 0 Å². The normalized spacial score (nSPS) is 22.9. The fourth-order valence-corrected chi connectivity index (χ4v) is 3.33. The largest absolute Gasteiger partial charge is 0.448 e. The number of nitrogens with one attached hydrogen (secondary N) is 2. The summed E-state index contributed by atoms with van der Waals surface area (Å²) >= 11 is 3.27. The van der Waals surface area contributed by atoms with Crippen LogP contribution in [0.15, 0.2) is 21.2 Å². The van der Waals surface area contributed by atoms with Crippen molar-refractivity contribution in [1.29, 1.82) is 0 Å². The number of nitrogens with zero attached hydrogens (tertiary/aromatic N) is 1. The maximum Gasteiger partial charge on any atom is 0.270 e. The Labute approximate surface area is 129 Å². The van der Waals surface area contributed by atoms with E-state index >= 15 is 0 Å². The summed E-state index contributed by atoms with van der Waals surface area (Å²) in [4.78, 5) is 17.3. The molecule has 0 spiro atoms. The van der Waals surface area contributed by atoms with Crippen molar-refractivity contribution >= 4 is 32.9 Å². The predicted octanol–water partition coefficient (Wildman–Crippen LogP) is 1.73. The summed E-state index contributed by atoms with van der Waals surface area (Å²) in [6, 6.07) is 4.41. The highest BCUT2D eigenvalue weighted by Crippen LogP contribution is 2.25. The van der Waals surface area contributed by atoms with Gasteiger partial charge in [0.15, 0.2) is 10.3 Å². The number of furan rings is 1. The van der Waals surface area contributed by atoms with E-state index in [1.54, 1.807) is 6.07 Å². The SMILES string of the molecule is O=C(c1cc2oc(Br)cc2[nH]1)N1CC(NC2CCOC2)C1. The zero-order chi connectivity index (χ0) is 14.4. The van der Waals surface area contributed by atoms with E-state index in [4.69, 9.17) is 9.15 Å². The lowest BCUT2D eigenvalue weighted by atomic mass is 10.1. The van der Waals surface area contributed by atoms with E-state index in [0.717, 1.165) is 38.2 Å². The molecule has 0 aliphatic carbocycles. The minimum Gasteiger partial charge on any atom is -0.448 e. The van der Waals surface area contributed by atoms with Crippen LogP contribution in [0.5, 0.6) is 0 Å². The molecule has 21 heavy (non-hydrogen) atoms. The molecule has 0 radical (unpaired) electrons. The molecular formula is C14H16BrN3O3. The third kappa shape index (κ3) is 2.49. The molecule has 7 heteroatoms. The molecule has 1 atom stereocenters. The van der Waals surface area contributed by atoms with Crippen molar-refractivity contribution in [1.82, 2.24) is 15.2 Å². The summed E-state index contributed by atoms with van der Waals surface area (Å²) in [5, 5.41) is 3.53. The third-order valence-electron chi connectivity index (χ3n) is 4.08. The topological polar surface area (TPSA) is 70.5 Å². The van der Waals surface area contributed by atoms with Crippen molar-refractivity contribution in [3.8, 4) is 0 Å². The van der Waals surface area contributed by atoms with Crippen LogP contribution in [-0.4, -0.2) is 54.2 Å². The second-order valence-electron chi connectivity index (χ2n) is 5.65. The Morgan fingerprint density at radius 2 is 2.24 bits per heavy atom. The van der Waals surface area contributed by atoms with Crippen LogP contribution in [0.25, 0.3) is 11.1 Å².